The zero-order chi connectivity index (χ0) is 14.8. The summed E-state index contributed by atoms with van der Waals surface area (Å²) < 4.78 is 10.6. The first-order valence-corrected chi connectivity index (χ1v) is 6.87. The lowest BCUT2D eigenvalue weighted by Crippen LogP contribution is -1.89. The van der Waals surface area contributed by atoms with Gasteiger partial charge in [-0.15, -0.1) is 0 Å². The van der Waals surface area contributed by atoms with E-state index in [1.807, 2.05) is 52.8 Å². The molecule has 2 nitrogen and oxygen atoms in total. The van der Waals surface area contributed by atoms with E-state index in [4.69, 9.17) is 9.47 Å². The minimum atomic E-state index is 0.901. The molecule has 0 aliphatic heterocycles. The van der Waals surface area contributed by atoms with Crippen LogP contribution in [0.15, 0.2) is 30.3 Å². The smallest absolute Gasteiger partial charge is 0.126 e. The normalized spacial score (nSPS) is 8.79. The number of methoxy groups -OCH3 is 2. The summed E-state index contributed by atoms with van der Waals surface area (Å²) in [6.07, 6.45) is 0. The molecule has 0 saturated heterocycles. The maximum absolute atomic E-state index is 5.32. The topological polar surface area (TPSA) is 18.5 Å². The lowest BCUT2D eigenvalue weighted by Gasteiger charge is -2.09. The van der Waals surface area contributed by atoms with Crippen LogP contribution in [0.4, 0.5) is 0 Å². The summed E-state index contributed by atoms with van der Waals surface area (Å²) >= 11 is 0. The molecule has 0 heterocycles. The molecular formula is C17H26O2. The standard InChI is InChI=1S/C13H14O2.2C2H6/c1-9-7-11-10(8-13(9)15-3)5-4-6-12(11)14-2;2*1-2/h4-8H,1-3H3;2*1-2H3. The fourth-order valence-corrected chi connectivity index (χ4v) is 1.78. The second-order valence-electron chi connectivity index (χ2n) is 3.50. The van der Waals surface area contributed by atoms with Gasteiger partial charge in [0.05, 0.1) is 14.2 Å². The monoisotopic (exact) mass is 262 g/mol. The molecule has 0 aromatic heterocycles. The average molecular weight is 262 g/mol. The maximum atomic E-state index is 5.32. The van der Waals surface area contributed by atoms with Gasteiger partial charge in [0, 0.05) is 5.39 Å². The minimum absolute atomic E-state index is 0.901. The van der Waals surface area contributed by atoms with Gasteiger partial charge >= 0.3 is 0 Å². The van der Waals surface area contributed by atoms with Crippen LogP contribution in [0.1, 0.15) is 33.3 Å². The molecule has 0 radical (unpaired) electrons. The number of benzene rings is 2. The van der Waals surface area contributed by atoms with Gasteiger partial charge in [-0.2, -0.15) is 0 Å². The molecule has 2 rings (SSSR count). The molecule has 0 bridgehead atoms. The number of aryl methyl sites for hydroxylation is 1. The van der Waals surface area contributed by atoms with Crippen molar-refractivity contribution in [3.8, 4) is 11.5 Å². The first-order valence-electron chi connectivity index (χ1n) is 6.87. The Kier molecular flexibility index (Phi) is 8.43. The second-order valence-corrected chi connectivity index (χ2v) is 3.50. The van der Waals surface area contributed by atoms with E-state index in [9.17, 15) is 0 Å². The zero-order valence-corrected chi connectivity index (χ0v) is 13.2. The third kappa shape index (κ3) is 4.16. The highest BCUT2D eigenvalue weighted by Gasteiger charge is 2.05. The second kappa shape index (κ2) is 9.26. The molecule has 0 amide bonds. The molecule has 2 aromatic rings. The van der Waals surface area contributed by atoms with Crippen LogP contribution in [0, 0.1) is 6.92 Å². The number of rotatable bonds is 2. The average Bonchev–Trinajstić information content (AvgIpc) is 2.50. The molecule has 0 aliphatic rings. The van der Waals surface area contributed by atoms with Crippen LogP contribution in [-0.4, -0.2) is 14.2 Å². The molecule has 106 valence electrons. The van der Waals surface area contributed by atoms with Gasteiger partial charge in [-0.05, 0) is 36.1 Å². The third-order valence-corrected chi connectivity index (χ3v) is 2.58. The Morgan fingerprint density at radius 3 is 1.89 bits per heavy atom. The fourth-order valence-electron chi connectivity index (χ4n) is 1.78. The van der Waals surface area contributed by atoms with Gasteiger partial charge in [0.15, 0.2) is 0 Å². The van der Waals surface area contributed by atoms with Gasteiger partial charge in [0.25, 0.3) is 0 Å². The van der Waals surface area contributed by atoms with Crippen molar-refractivity contribution in [3.05, 3.63) is 35.9 Å². The lowest BCUT2D eigenvalue weighted by atomic mass is 10.1. The third-order valence-electron chi connectivity index (χ3n) is 2.58. The Hall–Kier alpha value is -1.70. The summed E-state index contributed by atoms with van der Waals surface area (Å²) in [4.78, 5) is 0. The van der Waals surface area contributed by atoms with Gasteiger partial charge in [-0.3, -0.25) is 0 Å². The summed E-state index contributed by atoms with van der Waals surface area (Å²) in [6, 6.07) is 10.1. The van der Waals surface area contributed by atoms with Crippen molar-refractivity contribution in [1.82, 2.24) is 0 Å². The van der Waals surface area contributed by atoms with Crippen molar-refractivity contribution in [2.45, 2.75) is 34.6 Å². The summed E-state index contributed by atoms with van der Waals surface area (Å²) in [5.41, 5.74) is 1.12. The van der Waals surface area contributed by atoms with Crippen LogP contribution >= 0.6 is 0 Å². The molecule has 19 heavy (non-hydrogen) atoms. The van der Waals surface area contributed by atoms with Crippen LogP contribution in [0.3, 0.4) is 0 Å². The zero-order valence-electron chi connectivity index (χ0n) is 13.2. The van der Waals surface area contributed by atoms with E-state index < -0.39 is 0 Å². The first kappa shape index (κ1) is 17.3. The number of hydrogen-bond donors (Lipinski definition) is 0. The highest BCUT2D eigenvalue weighted by Crippen LogP contribution is 2.31. The van der Waals surface area contributed by atoms with Crippen LogP contribution < -0.4 is 9.47 Å². The van der Waals surface area contributed by atoms with Gasteiger partial charge in [-0.1, -0.05) is 39.8 Å². The van der Waals surface area contributed by atoms with Gasteiger partial charge in [-0.25, -0.2) is 0 Å². The van der Waals surface area contributed by atoms with Crippen molar-refractivity contribution < 1.29 is 9.47 Å². The van der Waals surface area contributed by atoms with E-state index in [2.05, 4.69) is 12.1 Å². The van der Waals surface area contributed by atoms with E-state index >= 15 is 0 Å². The highest BCUT2D eigenvalue weighted by atomic mass is 16.5. The Morgan fingerprint density at radius 1 is 0.789 bits per heavy atom. The van der Waals surface area contributed by atoms with Gasteiger partial charge in [0.1, 0.15) is 11.5 Å². The molecule has 0 fully saturated rings. The minimum Gasteiger partial charge on any atom is -0.496 e. The summed E-state index contributed by atoms with van der Waals surface area (Å²) in [7, 11) is 3.38. The first-order chi connectivity index (χ1) is 9.26. The summed E-state index contributed by atoms with van der Waals surface area (Å²) in [6.45, 7) is 10.0. The van der Waals surface area contributed by atoms with E-state index in [0.717, 1.165) is 27.8 Å². The number of ether oxygens (including phenoxy) is 2. The molecule has 0 N–H and O–H groups in total. The van der Waals surface area contributed by atoms with Gasteiger partial charge in [0.2, 0.25) is 0 Å². The molecule has 0 unspecified atom stereocenters. The Labute approximate surface area is 117 Å². The number of hydrogen-bond acceptors (Lipinski definition) is 2. The van der Waals surface area contributed by atoms with E-state index in [1.54, 1.807) is 14.2 Å². The molecule has 0 atom stereocenters. The predicted octanol–water partition coefficient (Wildman–Crippen LogP) is 5.22. The quantitative estimate of drug-likeness (QED) is 0.739. The van der Waals surface area contributed by atoms with E-state index in [1.165, 1.54) is 0 Å². The molecule has 0 saturated carbocycles. The summed E-state index contributed by atoms with van der Waals surface area (Å²) in [5, 5.41) is 2.26. The van der Waals surface area contributed by atoms with Crippen molar-refractivity contribution in [2.75, 3.05) is 14.2 Å². The maximum Gasteiger partial charge on any atom is 0.126 e. The molecule has 0 spiro atoms. The largest absolute Gasteiger partial charge is 0.496 e. The molecule has 2 heteroatoms. The Balaban J connectivity index is 0.000000741. The predicted molar refractivity (Wildman–Crippen MR) is 84.5 cm³/mol. The molecule has 2 aromatic carbocycles. The molecule has 0 aliphatic carbocycles. The van der Waals surface area contributed by atoms with Gasteiger partial charge < -0.3 is 9.47 Å². The van der Waals surface area contributed by atoms with Crippen molar-refractivity contribution in [1.29, 1.82) is 0 Å². The SMILES string of the molecule is CC.CC.COc1cc2cccc(OC)c2cc1C. The fraction of sp³-hybridized carbons (Fsp3) is 0.412. The number of fused-ring (bicyclic) bond motifs is 1. The van der Waals surface area contributed by atoms with E-state index in [-0.39, 0.29) is 0 Å². The van der Waals surface area contributed by atoms with Crippen molar-refractivity contribution in [2.24, 2.45) is 0 Å². The van der Waals surface area contributed by atoms with Crippen LogP contribution in [0.5, 0.6) is 11.5 Å². The van der Waals surface area contributed by atoms with Crippen LogP contribution in [-0.2, 0) is 0 Å². The van der Waals surface area contributed by atoms with Crippen molar-refractivity contribution >= 4 is 10.8 Å². The Morgan fingerprint density at radius 2 is 1.37 bits per heavy atom. The van der Waals surface area contributed by atoms with E-state index in [0.29, 0.717) is 0 Å². The highest BCUT2D eigenvalue weighted by molar-refractivity contribution is 5.90. The summed E-state index contributed by atoms with van der Waals surface area (Å²) in [5.74, 6) is 1.81. The Bertz CT molecular complexity index is 490. The van der Waals surface area contributed by atoms with Crippen molar-refractivity contribution in [3.63, 3.8) is 0 Å². The van der Waals surface area contributed by atoms with Crippen LogP contribution in [0.25, 0.3) is 10.8 Å². The van der Waals surface area contributed by atoms with Crippen LogP contribution in [0.2, 0.25) is 0 Å². The molecular weight excluding hydrogens is 236 g/mol. The lowest BCUT2D eigenvalue weighted by molar-refractivity contribution is 0.411.